The second-order valence-corrected chi connectivity index (χ2v) is 8.41. The van der Waals surface area contributed by atoms with Gasteiger partial charge in [-0.2, -0.15) is 0 Å². The predicted molar refractivity (Wildman–Crippen MR) is 128 cm³/mol. The Morgan fingerprint density at radius 2 is 1.71 bits per heavy atom. The van der Waals surface area contributed by atoms with Crippen molar-refractivity contribution in [2.24, 2.45) is 0 Å². The molecule has 5 nitrogen and oxygen atoms in total. The van der Waals surface area contributed by atoms with Gasteiger partial charge < -0.3 is 14.6 Å². The summed E-state index contributed by atoms with van der Waals surface area (Å²) < 4.78 is 19.9. The van der Waals surface area contributed by atoms with Gasteiger partial charge in [-0.05, 0) is 61.5 Å². The molecule has 0 aliphatic carbocycles. The third-order valence-corrected chi connectivity index (χ3v) is 6.00. The van der Waals surface area contributed by atoms with Crippen molar-refractivity contribution in [3.8, 4) is 11.3 Å². The molecule has 6 heteroatoms. The Kier molecular flexibility index (Phi) is 5.72. The summed E-state index contributed by atoms with van der Waals surface area (Å²) in [5, 5.41) is 2.71. The maximum Gasteiger partial charge on any atom is 0.258 e. The Labute approximate surface area is 196 Å². The van der Waals surface area contributed by atoms with Crippen molar-refractivity contribution in [1.82, 2.24) is 4.90 Å². The lowest BCUT2D eigenvalue weighted by Gasteiger charge is -2.26. The Balaban J connectivity index is 1.28. The van der Waals surface area contributed by atoms with Crippen molar-refractivity contribution in [3.05, 3.63) is 113 Å². The Morgan fingerprint density at radius 3 is 2.44 bits per heavy atom. The summed E-state index contributed by atoms with van der Waals surface area (Å²) in [6.07, 6.45) is 0.656. The average molecular weight is 455 g/mol. The molecule has 2 heterocycles. The van der Waals surface area contributed by atoms with Crippen LogP contribution >= 0.6 is 0 Å². The Hall–Kier alpha value is -4.19. The normalized spacial score (nSPS) is 12.8. The minimum absolute atomic E-state index is 0.00461. The monoisotopic (exact) mass is 454 g/mol. The van der Waals surface area contributed by atoms with Crippen LogP contribution in [0.1, 0.15) is 37.6 Å². The number of benzene rings is 3. The van der Waals surface area contributed by atoms with Gasteiger partial charge in [0.15, 0.2) is 0 Å². The number of hydrogen-bond donors (Lipinski definition) is 1. The Bertz CT molecular complexity index is 1360. The average Bonchev–Trinajstić information content (AvgIpc) is 3.28. The molecule has 170 valence electrons. The molecule has 3 aromatic carbocycles. The molecule has 1 aliphatic heterocycles. The molecule has 1 aliphatic rings. The van der Waals surface area contributed by atoms with Gasteiger partial charge in [0.05, 0.1) is 5.56 Å². The molecule has 34 heavy (non-hydrogen) atoms. The number of anilines is 1. The molecule has 0 bridgehead atoms. The van der Waals surface area contributed by atoms with Crippen LogP contribution in [0, 0.1) is 12.7 Å². The summed E-state index contributed by atoms with van der Waals surface area (Å²) in [4.78, 5) is 27.1. The molecule has 0 saturated heterocycles. The van der Waals surface area contributed by atoms with Crippen LogP contribution in [0.4, 0.5) is 10.1 Å². The molecule has 2 amide bonds. The zero-order valence-electron chi connectivity index (χ0n) is 18.7. The van der Waals surface area contributed by atoms with E-state index in [2.05, 4.69) is 5.32 Å². The fourth-order valence-electron chi connectivity index (χ4n) is 4.09. The lowest BCUT2D eigenvalue weighted by atomic mass is 10.1. The van der Waals surface area contributed by atoms with E-state index in [1.807, 2.05) is 54.3 Å². The number of carbonyl (C=O) groups is 2. The van der Waals surface area contributed by atoms with Crippen LogP contribution in [0.25, 0.3) is 11.3 Å². The van der Waals surface area contributed by atoms with E-state index >= 15 is 0 Å². The van der Waals surface area contributed by atoms with E-state index in [9.17, 15) is 14.0 Å². The van der Waals surface area contributed by atoms with Crippen LogP contribution in [-0.4, -0.2) is 23.3 Å². The fourth-order valence-corrected chi connectivity index (χ4v) is 4.09. The Morgan fingerprint density at radius 1 is 0.971 bits per heavy atom. The highest BCUT2D eigenvalue weighted by Crippen LogP contribution is 2.31. The van der Waals surface area contributed by atoms with Gasteiger partial charge in [0.1, 0.15) is 17.3 Å². The second-order valence-electron chi connectivity index (χ2n) is 8.41. The number of nitrogens with zero attached hydrogens (tertiary/aromatic N) is 1. The van der Waals surface area contributed by atoms with Crippen molar-refractivity contribution in [2.75, 3.05) is 11.9 Å². The summed E-state index contributed by atoms with van der Waals surface area (Å²) in [5.74, 6) is 0.551. The lowest BCUT2D eigenvalue weighted by molar-refractivity contribution is 0.0730. The minimum atomic E-state index is -0.562. The number of aryl methyl sites for hydroxylation is 1. The lowest BCUT2D eigenvalue weighted by Crippen LogP contribution is -2.35. The van der Waals surface area contributed by atoms with Gasteiger partial charge in [0.25, 0.3) is 11.8 Å². The first-order valence-electron chi connectivity index (χ1n) is 11.1. The SMILES string of the molecule is Cc1ccc(C(=O)N2CCc3oc(-c4ccc(NC(=O)c5ccccc5F)cc4)cc3C2)cc1. The van der Waals surface area contributed by atoms with E-state index in [1.54, 1.807) is 24.3 Å². The highest BCUT2D eigenvalue weighted by atomic mass is 19.1. The van der Waals surface area contributed by atoms with E-state index in [0.29, 0.717) is 36.5 Å². The first-order chi connectivity index (χ1) is 16.5. The van der Waals surface area contributed by atoms with Crippen LogP contribution in [0.2, 0.25) is 0 Å². The molecule has 1 N–H and O–H groups in total. The largest absolute Gasteiger partial charge is 0.461 e. The quantitative estimate of drug-likeness (QED) is 0.421. The maximum atomic E-state index is 13.8. The van der Waals surface area contributed by atoms with E-state index in [0.717, 1.165) is 22.5 Å². The first kappa shape index (κ1) is 21.6. The molecule has 4 aromatic rings. The number of fused-ring (bicyclic) bond motifs is 1. The van der Waals surface area contributed by atoms with Crippen LogP contribution in [0.5, 0.6) is 0 Å². The number of nitrogens with one attached hydrogen (secondary N) is 1. The predicted octanol–water partition coefficient (Wildman–Crippen LogP) is 5.84. The summed E-state index contributed by atoms with van der Waals surface area (Å²) in [7, 11) is 0. The number of carbonyl (C=O) groups excluding carboxylic acids is 2. The van der Waals surface area contributed by atoms with Crippen molar-refractivity contribution >= 4 is 17.5 Å². The first-order valence-corrected chi connectivity index (χ1v) is 11.1. The molecule has 0 spiro atoms. The summed E-state index contributed by atoms with van der Waals surface area (Å²) in [5.41, 5.74) is 4.21. The molecular weight excluding hydrogens is 431 g/mol. The van der Waals surface area contributed by atoms with Crippen LogP contribution in [0.3, 0.4) is 0 Å². The van der Waals surface area contributed by atoms with E-state index in [-0.39, 0.29) is 11.5 Å². The third kappa shape index (κ3) is 4.35. The van der Waals surface area contributed by atoms with Crippen LogP contribution in [0.15, 0.2) is 83.3 Å². The van der Waals surface area contributed by atoms with E-state index < -0.39 is 11.7 Å². The third-order valence-electron chi connectivity index (χ3n) is 6.00. The summed E-state index contributed by atoms with van der Waals surface area (Å²) in [6, 6.07) is 22.6. The molecule has 0 unspecified atom stereocenters. The van der Waals surface area contributed by atoms with Crippen molar-refractivity contribution in [2.45, 2.75) is 19.9 Å². The smallest absolute Gasteiger partial charge is 0.258 e. The van der Waals surface area contributed by atoms with Crippen LogP contribution in [-0.2, 0) is 13.0 Å². The molecule has 5 rings (SSSR count). The standard InChI is InChI=1S/C28H23FN2O3/c1-18-6-8-20(9-7-18)28(33)31-15-14-25-21(17-31)16-26(34-25)19-10-12-22(13-11-19)30-27(32)23-4-2-3-5-24(23)29/h2-13,16H,14-15,17H2,1H3,(H,30,32). The molecule has 0 saturated carbocycles. The second kappa shape index (κ2) is 8.98. The maximum absolute atomic E-state index is 13.8. The van der Waals surface area contributed by atoms with E-state index in [1.165, 1.54) is 12.1 Å². The number of furan rings is 1. The summed E-state index contributed by atoms with van der Waals surface area (Å²) in [6.45, 7) is 3.11. The topological polar surface area (TPSA) is 62.6 Å². The van der Waals surface area contributed by atoms with Gasteiger partial charge in [-0.3, -0.25) is 9.59 Å². The minimum Gasteiger partial charge on any atom is -0.461 e. The van der Waals surface area contributed by atoms with E-state index in [4.69, 9.17) is 4.42 Å². The van der Waals surface area contributed by atoms with Gasteiger partial charge >= 0.3 is 0 Å². The molecule has 1 aromatic heterocycles. The van der Waals surface area contributed by atoms with Crippen molar-refractivity contribution < 1.29 is 18.4 Å². The summed E-state index contributed by atoms with van der Waals surface area (Å²) >= 11 is 0. The molecule has 0 atom stereocenters. The van der Waals surface area contributed by atoms with Gasteiger partial charge in [-0.1, -0.05) is 29.8 Å². The highest BCUT2D eigenvalue weighted by molar-refractivity contribution is 6.04. The van der Waals surface area contributed by atoms with Crippen molar-refractivity contribution in [3.63, 3.8) is 0 Å². The van der Waals surface area contributed by atoms with Crippen molar-refractivity contribution in [1.29, 1.82) is 0 Å². The highest BCUT2D eigenvalue weighted by Gasteiger charge is 2.25. The number of rotatable bonds is 4. The number of hydrogen-bond acceptors (Lipinski definition) is 3. The number of amides is 2. The molecule has 0 fully saturated rings. The van der Waals surface area contributed by atoms with Gasteiger partial charge in [-0.15, -0.1) is 0 Å². The van der Waals surface area contributed by atoms with Gasteiger partial charge in [-0.25, -0.2) is 4.39 Å². The zero-order valence-corrected chi connectivity index (χ0v) is 18.7. The molecule has 0 radical (unpaired) electrons. The molecular formula is C28H23FN2O3. The van der Waals surface area contributed by atoms with Gasteiger partial charge in [0.2, 0.25) is 0 Å². The van der Waals surface area contributed by atoms with Gasteiger partial charge in [0, 0.05) is 41.9 Å². The van der Waals surface area contributed by atoms with Crippen LogP contribution < -0.4 is 5.32 Å². The number of halogens is 1. The zero-order chi connectivity index (χ0) is 23.7. The fraction of sp³-hybridized carbons (Fsp3) is 0.143.